The van der Waals surface area contributed by atoms with Crippen molar-refractivity contribution in [2.24, 2.45) is 4.99 Å². The molecule has 0 aliphatic carbocycles. The van der Waals surface area contributed by atoms with Gasteiger partial charge in [-0.2, -0.15) is 0 Å². The van der Waals surface area contributed by atoms with E-state index in [4.69, 9.17) is 14.2 Å². The summed E-state index contributed by atoms with van der Waals surface area (Å²) in [5.41, 5.74) is 2.88. The summed E-state index contributed by atoms with van der Waals surface area (Å²) in [6.07, 6.45) is 0. The molecule has 2 aromatic rings. The molecule has 8 heteroatoms. The first-order valence-electron chi connectivity index (χ1n) is 10.2. The third-order valence-electron chi connectivity index (χ3n) is 4.26. The summed E-state index contributed by atoms with van der Waals surface area (Å²) in [5.74, 6) is 2.07. The fraction of sp³-hybridized carbons (Fsp3) is 0.391. The van der Waals surface area contributed by atoms with Crippen LogP contribution < -0.4 is 25.4 Å². The number of guanidine groups is 1. The second kappa shape index (κ2) is 13.1. The van der Waals surface area contributed by atoms with Gasteiger partial charge in [0.2, 0.25) is 5.91 Å². The quantitative estimate of drug-likeness (QED) is 0.290. The van der Waals surface area contributed by atoms with Crippen molar-refractivity contribution >= 4 is 17.6 Å². The molecule has 3 N–H and O–H groups in total. The Balaban J connectivity index is 1.80. The number of rotatable bonds is 11. The van der Waals surface area contributed by atoms with Gasteiger partial charge in [0.05, 0.1) is 13.2 Å². The average Bonchev–Trinajstić information content (AvgIpc) is 2.74. The molecule has 0 heterocycles. The van der Waals surface area contributed by atoms with Crippen LogP contribution in [0.1, 0.15) is 18.1 Å². The number of benzene rings is 2. The summed E-state index contributed by atoms with van der Waals surface area (Å²) in [5, 5.41) is 9.25. The first kappa shape index (κ1) is 24.0. The van der Waals surface area contributed by atoms with Crippen LogP contribution in [0.2, 0.25) is 0 Å². The topological polar surface area (TPSA) is 93.2 Å². The van der Waals surface area contributed by atoms with Gasteiger partial charge in [-0.05, 0) is 30.7 Å². The van der Waals surface area contributed by atoms with Crippen molar-refractivity contribution in [2.45, 2.75) is 20.4 Å². The van der Waals surface area contributed by atoms with Crippen LogP contribution in [0.4, 0.5) is 5.69 Å². The van der Waals surface area contributed by atoms with E-state index in [2.05, 4.69) is 27.0 Å². The van der Waals surface area contributed by atoms with Gasteiger partial charge in [0.15, 0.2) is 5.96 Å². The molecule has 0 unspecified atom stereocenters. The van der Waals surface area contributed by atoms with Crippen molar-refractivity contribution in [2.75, 3.05) is 45.8 Å². The molecule has 0 aliphatic heterocycles. The summed E-state index contributed by atoms with van der Waals surface area (Å²) >= 11 is 0. The van der Waals surface area contributed by atoms with Gasteiger partial charge in [-0.3, -0.25) is 9.79 Å². The maximum absolute atomic E-state index is 11.2. The number of aryl methyl sites for hydroxylation is 1. The second-order valence-electron chi connectivity index (χ2n) is 6.86. The maximum atomic E-state index is 11.2. The summed E-state index contributed by atoms with van der Waals surface area (Å²) < 4.78 is 16.6. The highest BCUT2D eigenvalue weighted by atomic mass is 16.5. The van der Waals surface area contributed by atoms with Crippen LogP contribution >= 0.6 is 0 Å². The second-order valence-corrected chi connectivity index (χ2v) is 6.86. The smallest absolute Gasteiger partial charge is 0.221 e. The number of carbonyl (C=O) groups excluding carboxylic acids is 1. The molecule has 0 bridgehead atoms. The molecule has 0 aliphatic rings. The van der Waals surface area contributed by atoms with Crippen LogP contribution in [-0.4, -0.2) is 52.4 Å². The van der Waals surface area contributed by atoms with Crippen LogP contribution in [0.5, 0.6) is 11.5 Å². The maximum Gasteiger partial charge on any atom is 0.221 e. The summed E-state index contributed by atoms with van der Waals surface area (Å²) in [6.45, 7) is 6.13. The minimum atomic E-state index is -0.116. The molecule has 168 valence electrons. The van der Waals surface area contributed by atoms with E-state index in [-0.39, 0.29) is 5.91 Å². The SMILES string of the molecule is CN=C(NCCOc1cccc(NC(C)=O)c1)NCc1ccc(C)cc1OCCOC. The predicted molar refractivity (Wildman–Crippen MR) is 123 cm³/mol. The lowest BCUT2D eigenvalue weighted by Crippen LogP contribution is -2.39. The molecule has 0 atom stereocenters. The number of aliphatic imine (C=N–C) groups is 1. The molecule has 1 amide bonds. The van der Waals surface area contributed by atoms with Crippen molar-refractivity contribution < 1.29 is 19.0 Å². The van der Waals surface area contributed by atoms with E-state index in [1.54, 1.807) is 20.2 Å². The van der Waals surface area contributed by atoms with E-state index < -0.39 is 0 Å². The molecular weight excluding hydrogens is 396 g/mol. The Hall–Kier alpha value is -3.26. The largest absolute Gasteiger partial charge is 0.492 e. The van der Waals surface area contributed by atoms with Crippen LogP contribution in [0, 0.1) is 6.92 Å². The third-order valence-corrected chi connectivity index (χ3v) is 4.26. The summed E-state index contributed by atoms with van der Waals surface area (Å²) in [6, 6.07) is 13.4. The van der Waals surface area contributed by atoms with E-state index in [0.717, 1.165) is 16.9 Å². The number of methoxy groups -OCH3 is 1. The molecule has 0 radical (unpaired) electrons. The highest BCUT2D eigenvalue weighted by Gasteiger charge is 2.06. The molecule has 0 aromatic heterocycles. The number of hydrogen-bond donors (Lipinski definition) is 3. The Morgan fingerprint density at radius 1 is 1.03 bits per heavy atom. The van der Waals surface area contributed by atoms with Crippen molar-refractivity contribution in [1.29, 1.82) is 0 Å². The van der Waals surface area contributed by atoms with Gasteiger partial charge in [-0.1, -0.05) is 18.2 Å². The number of ether oxygens (including phenoxy) is 3. The number of nitrogens with one attached hydrogen (secondary N) is 3. The van der Waals surface area contributed by atoms with Gasteiger partial charge in [-0.25, -0.2) is 0 Å². The lowest BCUT2D eigenvalue weighted by Gasteiger charge is -2.16. The minimum absolute atomic E-state index is 0.116. The molecule has 31 heavy (non-hydrogen) atoms. The zero-order valence-corrected chi connectivity index (χ0v) is 18.7. The van der Waals surface area contributed by atoms with Crippen LogP contribution in [-0.2, 0) is 16.1 Å². The summed E-state index contributed by atoms with van der Waals surface area (Å²) in [4.78, 5) is 15.4. The Morgan fingerprint density at radius 2 is 1.87 bits per heavy atom. The van der Waals surface area contributed by atoms with Gasteiger partial charge >= 0.3 is 0 Å². The average molecular weight is 429 g/mol. The Bertz CT molecular complexity index is 870. The normalized spacial score (nSPS) is 11.0. The summed E-state index contributed by atoms with van der Waals surface area (Å²) in [7, 11) is 3.37. The van der Waals surface area contributed by atoms with E-state index in [1.807, 2.05) is 37.3 Å². The van der Waals surface area contributed by atoms with Crippen molar-refractivity contribution in [1.82, 2.24) is 10.6 Å². The van der Waals surface area contributed by atoms with E-state index in [9.17, 15) is 4.79 Å². The molecule has 2 rings (SSSR count). The monoisotopic (exact) mass is 428 g/mol. The zero-order chi connectivity index (χ0) is 22.5. The van der Waals surface area contributed by atoms with Gasteiger partial charge in [0.25, 0.3) is 0 Å². The van der Waals surface area contributed by atoms with Crippen LogP contribution in [0.25, 0.3) is 0 Å². The van der Waals surface area contributed by atoms with E-state index >= 15 is 0 Å². The van der Waals surface area contributed by atoms with E-state index in [1.165, 1.54) is 6.92 Å². The number of hydrogen-bond acceptors (Lipinski definition) is 5. The van der Waals surface area contributed by atoms with Gasteiger partial charge in [0, 0.05) is 44.9 Å². The van der Waals surface area contributed by atoms with Crippen molar-refractivity contribution in [3.63, 3.8) is 0 Å². The number of nitrogens with zero attached hydrogens (tertiary/aromatic N) is 1. The van der Waals surface area contributed by atoms with Crippen molar-refractivity contribution in [3.8, 4) is 11.5 Å². The lowest BCUT2D eigenvalue weighted by atomic mass is 10.1. The first-order valence-corrected chi connectivity index (χ1v) is 10.2. The molecular formula is C23H32N4O4. The number of carbonyl (C=O) groups is 1. The number of anilines is 1. The van der Waals surface area contributed by atoms with Crippen LogP contribution in [0.3, 0.4) is 0 Å². The van der Waals surface area contributed by atoms with Gasteiger partial charge in [-0.15, -0.1) is 0 Å². The minimum Gasteiger partial charge on any atom is -0.492 e. The number of amides is 1. The first-order chi connectivity index (χ1) is 15.0. The molecule has 0 saturated heterocycles. The van der Waals surface area contributed by atoms with Crippen molar-refractivity contribution in [3.05, 3.63) is 53.6 Å². The molecule has 2 aromatic carbocycles. The Morgan fingerprint density at radius 3 is 2.61 bits per heavy atom. The zero-order valence-electron chi connectivity index (χ0n) is 18.7. The van der Waals surface area contributed by atoms with Gasteiger partial charge < -0.3 is 30.2 Å². The van der Waals surface area contributed by atoms with Crippen LogP contribution in [0.15, 0.2) is 47.5 Å². The van der Waals surface area contributed by atoms with Gasteiger partial charge in [0.1, 0.15) is 24.7 Å². The highest BCUT2D eigenvalue weighted by molar-refractivity contribution is 5.88. The fourth-order valence-electron chi connectivity index (χ4n) is 2.78. The Labute approximate surface area is 184 Å². The van der Waals surface area contributed by atoms with E-state index in [0.29, 0.717) is 50.3 Å². The third kappa shape index (κ3) is 8.96. The highest BCUT2D eigenvalue weighted by Crippen LogP contribution is 2.20. The lowest BCUT2D eigenvalue weighted by molar-refractivity contribution is -0.114. The predicted octanol–water partition coefficient (Wildman–Crippen LogP) is 2.72. The molecule has 0 saturated carbocycles. The standard InChI is InChI=1S/C23H32N4O4/c1-17-8-9-19(22(14-17)31-13-12-29-4)16-26-23(24-3)25-10-11-30-21-7-5-6-20(15-21)27-18(2)28/h5-9,14-15H,10-13,16H2,1-4H3,(H,27,28)(H2,24,25,26). The Kier molecular flexibility index (Phi) is 10.2. The molecule has 0 fully saturated rings. The fourth-order valence-corrected chi connectivity index (χ4v) is 2.78. The molecule has 8 nitrogen and oxygen atoms in total. The molecule has 0 spiro atoms.